The maximum Gasteiger partial charge on any atom is 0.241 e. The van der Waals surface area contributed by atoms with E-state index in [0.717, 1.165) is 30.1 Å². The van der Waals surface area contributed by atoms with E-state index >= 15 is 0 Å². The molecule has 21 heavy (non-hydrogen) atoms. The van der Waals surface area contributed by atoms with Crippen molar-refractivity contribution in [3.63, 3.8) is 0 Å². The van der Waals surface area contributed by atoms with Crippen LogP contribution in [0.15, 0.2) is 11.0 Å². The second kappa shape index (κ2) is 8.88. The minimum Gasteiger partial charge on any atom is -0.391 e. The van der Waals surface area contributed by atoms with E-state index in [1.165, 1.54) is 24.2 Å². The van der Waals surface area contributed by atoms with E-state index in [4.69, 9.17) is 5.11 Å². The molecule has 0 radical (unpaired) electrons. The van der Waals surface area contributed by atoms with Crippen molar-refractivity contribution in [2.45, 2.75) is 64.4 Å². The summed E-state index contributed by atoms with van der Waals surface area (Å²) in [7, 11) is -3.44. The Morgan fingerprint density at radius 3 is 2.48 bits per heavy atom. The molecule has 0 spiro atoms. The van der Waals surface area contributed by atoms with E-state index < -0.39 is 10.0 Å². The number of rotatable bonds is 10. The van der Waals surface area contributed by atoms with Crippen LogP contribution in [0.2, 0.25) is 0 Å². The molecule has 0 aliphatic rings. The number of nitrogens with one attached hydrogen (secondary N) is 1. The van der Waals surface area contributed by atoms with Gasteiger partial charge in [0.2, 0.25) is 10.0 Å². The Morgan fingerprint density at radius 2 is 1.90 bits per heavy atom. The zero-order valence-electron chi connectivity index (χ0n) is 13.2. The molecule has 0 saturated heterocycles. The first kappa shape index (κ1) is 18.6. The van der Waals surface area contributed by atoms with Crippen molar-refractivity contribution in [1.29, 1.82) is 0 Å². The molecule has 4 nitrogen and oxygen atoms in total. The summed E-state index contributed by atoms with van der Waals surface area (Å²) in [5.74, 6) is 0.741. The molecule has 0 aliphatic carbocycles. The SMILES string of the molecule is Cc1sc(CO)cc1S(=O)(=O)NCCCCCCC(C)C. The van der Waals surface area contributed by atoms with Gasteiger partial charge < -0.3 is 5.11 Å². The average Bonchev–Trinajstić information content (AvgIpc) is 2.79. The third-order valence-corrected chi connectivity index (χ3v) is 6.12. The van der Waals surface area contributed by atoms with Gasteiger partial charge in [-0.2, -0.15) is 0 Å². The molecule has 0 fully saturated rings. The van der Waals surface area contributed by atoms with Gasteiger partial charge in [-0.3, -0.25) is 0 Å². The molecule has 1 aromatic rings. The minimum atomic E-state index is -3.44. The summed E-state index contributed by atoms with van der Waals surface area (Å²) in [4.78, 5) is 1.71. The summed E-state index contributed by atoms with van der Waals surface area (Å²) in [6, 6.07) is 1.56. The van der Waals surface area contributed by atoms with Crippen LogP contribution in [0.25, 0.3) is 0 Å². The Bertz CT molecular complexity index is 521. The monoisotopic (exact) mass is 333 g/mol. The maximum absolute atomic E-state index is 12.2. The third-order valence-electron chi connectivity index (χ3n) is 3.37. The van der Waals surface area contributed by atoms with E-state index in [1.807, 2.05) is 0 Å². The predicted molar refractivity (Wildman–Crippen MR) is 88.1 cm³/mol. The van der Waals surface area contributed by atoms with Crippen molar-refractivity contribution < 1.29 is 13.5 Å². The van der Waals surface area contributed by atoms with Crippen LogP contribution in [-0.4, -0.2) is 20.1 Å². The standard InChI is InChI=1S/C15H27NO3S2/c1-12(2)8-6-4-5-7-9-16-21(18,19)15-10-14(11-17)20-13(15)3/h10,12,16-17H,4-9,11H2,1-3H3. The lowest BCUT2D eigenvalue weighted by Crippen LogP contribution is -2.24. The Morgan fingerprint density at radius 1 is 1.24 bits per heavy atom. The number of unbranched alkanes of at least 4 members (excludes halogenated alkanes) is 3. The first-order valence-electron chi connectivity index (χ1n) is 7.56. The molecule has 0 aromatic carbocycles. The van der Waals surface area contributed by atoms with Gasteiger partial charge in [0.25, 0.3) is 0 Å². The van der Waals surface area contributed by atoms with Crippen molar-refractivity contribution in [2.75, 3.05) is 6.54 Å². The van der Waals surface area contributed by atoms with E-state index in [0.29, 0.717) is 16.3 Å². The van der Waals surface area contributed by atoms with Crippen molar-refractivity contribution in [3.8, 4) is 0 Å². The third kappa shape index (κ3) is 6.46. The summed E-state index contributed by atoms with van der Waals surface area (Å²) < 4.78 is 27.0. The van der Waals surface area contributed by atoms with Crippen LogP contribution in [0, 0.1) is 12.8 Å². The predicted octanol–water partition coefficient (Wildman–Crippen LogP) is 3.43. The number of aryl methyl sites for hydroxylation is 1. The Balaban J connectivity index is 2.35. The van der Waals surface area contributed by atoms with Gasteiger partial charge in [0.1, 0.15) is 0 Å². The molecule has 122 valence electrons. The highest BCUT2D eigenvalue weighted by atomic mass is 32.2. The average molecular weight is 334 g/mol. The van der Waals surface area contributed by atoms with Crippen LogP contribution in [0.3, 0.4) is 0 Å². The Kier molecular flexibility index (Phi) is 7.87. The van der Waals surface area contributed by atoms with Gasteiger partial charge in [0.15, 0.2) is 0 Å². The molecule has 1 rings (SSSR count). The smallest absolute Gasteiger partial charge is 0.241 e. The van der Waals surface area contributed by atoms with Gasteiger partial charge in [-0.05, 0) is 25.3 Å². The minimum absolute atomic E-state index is 0.114. The molecule has 0 unspecified atom stereocenters. The molecule has 1 aromatic heterocycles. The topological polar surface area (TPSA) is 66.4 Å². The fourth-order valence-electron chi connectivity index (χ4n) is 2.18. The zero-order valence-corrected chi connectivity index (χ0v) is 14.8. The first-order valence-corrected chi connectivity index (χ1v) is 9.86. The van der Waals surface area contributed by atoms with E-state index in [1.54, 1.807) is 13.0 Å². The first-order chi connectivity index (χ1) is 9.86. The summed E-state index contributed by atoms with van der Waals surface area (Å²) in [6.07, 6.45) is 5.54. The lowest BCUT2D eigenvalue weighted by molar-refractivity contribution is 0.285. The van der Waals surface area contributed by atoms with Gasteiger partial charge in [0, 0.05) is 16.3 Å². The van der Waals surface area contributed by atoms with E-state index in [9.17, 15) is 8.42 Å². The van der Waals surface area contributed by atoms with Gasteiger partial charge in [-0.25, -0.2) is 13.1 Å². The van der Waals surface area contributed by atoms with Crippen molar-refractivity contribution in [1.82, 2.24) is 4.72 Å². The summed E-state index contributed by atoms with van der Waals surface area (Å²) >= 11 is 1.33. The molecule has 0 aliphatic heterocycles. The van der Waals surface area contributed by atoms with Crippen LogP contribution in [-0.2, 0) is 16.6 Å². The molecule has 1 heterocycles. The fourth-order valence-corrected chi connectivity index (χ4v) is 4.75. The highest BCUT2D eigenvalue weighted by Gasteiger charge is 2.19. The number of hydrogen-bond donors (Lipinski definition) is 2. The largest absolute Gasteiger partial charge is 0.391 e. The molecule has 0 amide bonds. The van der Waals surface area contributed by atoms with Crippen LogP contribution in [0.4, 0.5) is 0 Å². The van der Waals surface area contributed by atoms with Gasteiger partial charge in [-0.15, -0.1) is 11.3 Å². The Hall–Kier alpha value is -0.430. The van der Waals surface area contributed by atoms with Crippen molar-refractivity contribution in [2.24, 2.45) is 5.92 Å². The number of aliphatic hydroxyl groups is 1. The normalized spacial score (nSPS) is 12.2. The summed E-state index contributed by atoms with van der Waals surface area (Å²) in [6.45, 7) is 6.57. The maximum atomic E-state index is 12.2. The molecule has 0 saturated carbocycles. The molecular weight excluding hydrogens is 306 g/mol. The lowest BCUT2D eigenvalue weighted by Gasteiger charge is -2.07. The van der Waals surface area contributed by atoms with Crippen LogP contribution < -0.4 is 4.72 Å². The number of aliphatic hydroxyl groups excluding tert-OH is 1. The number of thiophene rings is 1. The van der Waals surface area contributed by atoms with Gasteiger partial charge in [-0.1, -0.05) is 39.5 Å². The van der Waals surface area contributed by atoms with Crippen LogP contribution >= 0.6 is 11.3 Å². The van der Waals surface area contributed by atoms with Crippen LogP contribution in [0.1, 0.15) is 55.7 Å². The lowest BCUT2D eigenvalue weighted by atomic mass is 10.0. The quantitative estimate of drug-likeness (QED) is 0.645. The highest BCUT2D eigenvalue weighted by Crippen LogP contribution is 2.25. The highest BCUT2D eigenvalue weighted by molar-refractivity contribution is 7.89. The van der Waals surface area contributed by atoms with Crippen molar-refractivity contribution in [3.05, 3.63) is 15.8 Å². The molecule has 6 heteroatoms. The van der Waals surface area contributed by atoms with E-state index in [-0.39, 0.29) is 6.61 Å². The van der Waals surface area contributed by atoms with Crippen molar-refractivity contribution >= 4 is 21.4 Å². The fraction of sp³-hybridized carbons (Fsp3) is 0.733. The second-order valence-corrected chi connectivity index (χ2v) is 8.86. The molecular formula is C15H27NO3S2. The summed E-state index contributed by atoms with van der Waals surface area (Å²) in [5.41, 5.74) is 0. The molecule has 0 bridgehead atoms. The van der Waals surface area contributed by atoms with Gasteiger partial charge >= 0.3 is 0 Å². The zero-order chi connectivity index (χ0) is 15.9. The van der Waals surface area contributed by atoms with Gasteiger partial charge in [0.05, 0.1) is 11.5 Å². The second-order valence-electron chi connectivity index (χ2n) is 5.79. The summed E-state index contributed by atoms with van der Waals surface area (Å²) in [5, 5.41) is 9.07. The molecule has 2 N–H and O–H groups in total. The molecule has 0 atom stereocenters. The number of hydrogen-bond acceptors (Lipinski definition) is 4. The number of sulfonamides is 1. The Labute approximate surface area is 132 Å². The van der Waals surface area contributed by atoms with Crippen LogP contribution in [0.5, 0.6) is 0 Å². The van der Waals surface area contributed by atoms with E-state index in [2.05, 4.69) is 18.6 Å².